The summed E-state index contributed by atoms with van der Waals surface area (Å²) in [5, 5.41) is 0. The quantitative estimate of drug-likeness (QED) is 0.696. The van der Waals surface area contributed by atoms with Gasteiger partial charge in [0.2, 0.25) is 0 Å². The highest BCUT2D eigenvalue weighted by molar-refractivity contribution is 6.62. The van der Waals surface area contributed by atoms with Gasteiger partial charge in [0.25, 0.3) is 0 Å². The topological polar surface area (TPSA) is 36.9 Å². The number of ether oxygens (including phenoxy) is 2. The van der Waals surface area contributed by atoms with Gasteiger partial charge >= 0.3 is 13.7 Å². The molecule has 0 atom stereocenters. The summed E-state index contributed by atoms with van der Waals surface area (Å²) in [4.78, 5) is 0. The van der Waals surface area contributed by atoms with Crippen molar-refractivity contribution in [2.45, 2.75) is 72.7 Å². The van der Waals surface area contributed by atoms with Gasteiger partial charge in [-0.25, -0.2) is 0 Å². The molecule has 26 heavy (non-hydrogen) atoms. The van der Waals surface area contributed by atoms with Crippen molar-refractivity contribution in [2.24, 2.45) is 5.41 Å². The van der Waals surface area contributed by atoms with Crippen molar-refractivity contribution in [3.8, 4) is 11.5 Å². The van der Waals surface area contributed by atoms with Crippen molar-refractivity contribution in [3.05, 3.63) is 18.2 Å². The van der Waals surface area contributed by atoms with E-state index in [9.17, 15) is 8.78 Å². The van der Waals surface area contributed by atoms with Crippen LogP contribution in [0, 0.1) is 5.41 Å². The molecular weight excluding hydrogens is 341 g/mol. The zero-order valence-corrected chi connectivity index (χ0v) is 16.7. The molecule has 1 aromatic carbocycles. The minimum atomic E-state index is -2.91. The zero-order chi connectivity index (χ0) is 19.8. The molecule has 1 saturated heterocycles. The number of halogens is 2. The Labute approximate surface area is 155 Å². The van der Waals surface area contributed by atoms with Gasteiger partial charge in [-0.15, -0.1) is 0 Å². The van der Waals surface area contributed by atoms with Crippen LogP contribution >= 0.6 is 0 Å². The predicted molar refractivity (Wildman–Crippen MR) is 98.4 cm³/mol. The van der Waals surface area contributed by atoms with Gasteiger partial charge in [-0.05, 0) is 57.1 Å². The molecule has 7 heteroatoms. The highest BCUT2D eigenvalue weighted by Gasteiger charge is 2.51. The summed E-state index contributed by atoms with van der Waals surface area (Å²) >= 11 is 0. The van der Waals surface area contributed by atoms with Gasteiger partial charge in [0.05, 0.1) is 17.8 Å². The minimum Gasteiger partial charge on any atom is -0.490 e. The Hall–Kier alpha value is -1.34. The average molecular weight is 370 g/mol. The monoisotopic (exact) mass is 370 g/mol. The van der Waals surface area contributed by atoms with Gasteiger partial charge in [-0.2, -0.15) is 8.78 Å². The number of hydrogen-bond donors (Lipinski definition) is 0. The molecule has 1 heterocycles. The van der Waals surface area contributed by atoms with E-state index in [4.69, 9.17) is 14.0 Å². The van der Waals surface area contributed by atoms with E-state index in [1.807, 2.05) is 27.7 Å². The second-order valence-corrected chi connectivity index (χ2v) is 8.83. The first-order valence-corrected chi connectivity index (χ1v) is 8.88. The fourth-order valence-electron chi connectivity index (χ4n) is 2.42. The van der Waals surface area contributed by atoms with E-state index < -0.39 is 24.9 Å². The summed E-state index contributed by atoms with van der Waals surface area (Å²) in [6, 6.07) is 4.79. The van der Waals surface area contributed by atoms with Crippen LogP contribution in [0.2, 0.25) is 0 Å². The molecule has 0 amide bonds. The Bertz CT molecular complexity index is 610. The molecule has 0 radical (unpaired) electrons. The van der Waals surface area contributed by atoms with Gasteiger partial charge in [-0.1, -0.05) is 26.8 Å². The van der Waals surface area contributed by atoms with E-state index in [0.717, 1.165) is 6.42 Å². The fourth-order valence-corrected chi connectivity index (χ4v) is 2.42. The lowest BCUT2D eigenvalue weighted by Gasteiger charge is -2.32. The Morgan fingerprint density at radius 2 is 1.62 bits per heavy atom. The van der Waals surface area contributed by atoms with Crippen molar-refractivity contribution in [1.29, 1.82) is 0 Å². The molecule has 0 bridgehead atoms. The van der Waals surface area contributed by atoms with Crippen LogP contribution in [0.5, 0.6) is 11.5 Å². The molecule has 1 aliphatic heterocycles. The van der Waals surface area contributed by atoms with Gasteiger partial charge in [0.1, 0.15) is 0 Å². The van der Waals surface area contributed by atoms with E-state index in [2.05, 4.69) is 25.5 Å². The molecular formula is C19H29BF2O4. The third-order valence-corrected chi connectivity index (χ3v) is 4.82. The maximum Gasteiger partial charge on any atom is 0.494 e. The van der Waals surface area contributed by atoms with Crippen molar-refractivity contribution < 1.29 is 27.6 Å². The highest BCUT2D eigenvalue weighted by Crippen LogP contribution is 2.37. The van der Waals surface area contributed by atoms with Crippen LogP contribution < -0.4 is 14.9 Å². The van der Waals surface area contributed by atoms with Crippen LogP contribution in [0.3, 0.4) is 0 Å². The Kier molecular flexibility index (Phi) is 5.93. The average Bonchev–Trinajstić information content (AvgIpc) is 2.67. The van der Waals surface area contributed by atoms with Crippen LogP contribution in [0.4, 0.5) is 8.78 Å². The maximum atomic E-state index is 12.7. The molecule has 0 N–H and O–H groups in total. The van der Waals surface area contributed by atoms with Crippen LogP contribution in [0.25, 0.3) is 0 Å². The number of hydrogen-bond acceptors (Lipinski definition) is 4. The van der Waals surface area contributed by atoms with Crippen molar-refractivity contribution >= 4 is 12.6 Å². The molecule has 146 valence electrons. The summed E-state index contributed by atoms with van der Waals surface area (Å²) in [6.45, 7) is 11.6. The zero-order valence-electron chi connectivity index (χ0n) is 16.7. The van der Waals surface area contributed by atoms with Gasteiger partial charge < -0.3 is 18.8 Å². The van der Waals surface area contributed by atoms with Crippen LogP contribution in [0.15, 0.2) is 18.2 Å². The summed E-state index contributed by atoms with van der Waals surface area (Å²) in [6.07, 6.45) is 0.780. The molecule has 4 nitrogen and oxygen atoms in total. The molecule has 1 fully saturated rings. The van der Waals surface area contributed by atoms with Crippen LogP contribution in [-0.2, 0) is 9.31 Å². The largest absolute Gasteiger partial charge is 0.494 e. The standard InChI is InChI=1S/C19H29BF2O4/c1-17(2,3)10-11-23-15-12-13(8-9-14(15)24-16(21)22)20-25-18(4,5)19(6,7)26-20/h8-9,12,16H,10-11H2,1-7H3. The van der Waals surface area contributed by atoms with E-state index in [-0.39, 0.29) is 16.9 Å². The first-order valence-electron chi connectivity index (χ1n) is 8.88. The van der Waals surface area contributed by atoms with E-state index in [0.29, 0.717) is 12.1 Å². The summed E-state index contributed by atoms with van der Waals surface area (Å²) in [7, 11) is -0.592. The van der Waals surface area contributed by atoms with Gasteiger partial charge in [0, 0.05) is 0 Å². The first-order chi connectivity index (χ1) is 11.8. The molecule has 0 aliphatic carbocycles. The normalized spacial score (nSPS) is 19.1. The second-order valence-electron chi connectivity index (χ2n) is 8.83. The van der Waals surface area contributed by atoms with Gasteiger partial charge in [0.15, 0.2) is 11.5 Å². The molecule has 0 spiro atoms. The number of benzene rings is 1. The van der Waals surface area contributed by atoms with Crippen LogP contribution in [-0.4, -0.2) is 31.5 Å². The first kappa shape index (κ1) is 21.0. The van der Waals surface area contributed by atoms with Crippen molar-refractivity contribution in [3.63, 3.8) is 0 Å². The number of rotatable bonds is 6. The smallest absolute Gasteiger partial charge is 0.490 e. The highest BCUT2D eigenvalue weighted by atomic mass is 19.3. The van der Waals surface area contributed by atoms with Gasteiger partial charge in [-0.3, -0.25) is 0 Å². The molecule has 0 saturated carbocycles. The Morgan fingerprint density at radius 1 is 1.04 bits per heavy atom. The Morgan fingerprint density at radius 3 is 2.12 bits per heavy atom. The molecule has 2 rings (SSSR count). The SMILES string of the molecule is CC(C)(C)CCOc1cc(B2OC(C)(C)C(C)(C)O2)ccc1OC(F)F. The maximum absolute atomic E-state index is 12.7. The lowest BCUT2D eigenvalue weighted by molar-refractivity contribution is -0.0515. The Balaban J connectivity index is 2.22. The molecule has 1 aromatic rings. The van der Waals surface area contributed by atoms with Crippen molar-refractivity contribution in [1.82, 2.24) is 0 Å². The van der Waals surface area contributed by atoms with E-state index >= 15 is 0 Å². The van der Waals surface area contributed by atoms with Crippen LogP contribution in [0.1, 0.15) is 54.9 Å². The number of alkyl halides is 2. The summed E-state index contributed by atoms with van der Waals surface area (Å²) < 4.78 is 47.8. The second kappa shape index (κ2) is 7.35. The lowest BCUT2D eigenvalue weighted by atomic mass is 9.79. The third kappa shape index (κ3) is 5.10. The fraction of sp³-hybridized carbons (Fsp3) is 0.684. The van der Waals surface area contributed by atoms with E-state index in [1.54, 1.807) is 12.1 Å². The van der Waals surface area contributed by atoms with E-state index in [1.165, 1.54) is 6.07 Å². The molecule has 0 aromatic heterocycles. The van der Waals surface area contributed by atoms with Crippen molar-refractivity contribution in [2.75, 3.05) is 6.61 Å². The predicted octanol–water partition coefficient (Wildman–Crippen LogP) is 4.40. The summed E-state index contributed by atoms with van der Waals surface area (Å²) in [5.74, 6) is 0.274. The summed E-state index contributed by atoms with van der Waals surface area (Å²) in [5.41, 5.74) is -0.185. The molecule has 1 aliphatic rings. The minimum absolute atomic E-state index is 0.00850. The molecule has 0 unspecified atom stereocenters. The third-order valence-electron chi connectivity index (χ3n) is 4.82. The lowest BCUT2D eigenvalue weighted by Crippen LogP contribution is -2.41.